The summed E-state index contributed by atoms with van der Waals surface area (Å²) in [6.07, 6.45) is 0. The van der Waals surface area contributed by atoms with Gasteiger partial charge in [-0.3, -0.25) is 0 Å². The summed E-state index contributed by atoms with van der Waals surface area (Å²) in [4.78, 5) is 2.65. The molecule has 1 unspecified atom stereocenters. The lowest BCUT2D eigenvalue weighted by molar-refractivity contribution is 0.864. The van der Waals surface area contributed by atoms with Crippen LogP contribution in [0.5, 0.6) is 0 Å². The van der Waals surface area contributed by atoms with Gasteiger partial charge in [-0.25, -0.2) is 0 Å². The van der Waals surface area contributed by atoms with E-state index in [1.165, 1.54) is 15.3 Å². The van der Waals surface area contributed by atoms with Crippen molar-refractivity contribution in [3.63, 3.8) is 0 Å². The van der Waals surface area contributed by atoms with Crippen molar-refractivity contribution < 1.29 is 0 Å². The van der Waals surface area contributed by atoms with E-state index in [2.05, 4.69) is 55.6 Å². The van der Waals surface area contributed by atoms with Crippen LogP contribution in [0.4, 0.5) is 0 Å². The molecule has 1 aromatic carbocycles. The molecule has 1 atom stereocenters. The molecule has 18 heavy (non-hydrogen) atoms. The Balaban J connectivity index is 2.08. The minimum atomic E-state index is 0.370. The Morgan fingerprint density at radius 2 is 1.89 bits per heavy atom. The van der Waals surface area contributed by atoms with Gasteiger partial charge in [0.25, 0.3) is 0 Å². The third-order valence-corrected chi connectivity index (χ3v) is 5.31. The van der Waals surface area contributed by atoms with Gasteiger partial charge in [0, 0.05) is 16.3 Å². The predicted octanol–water partition coefficient (Wildman–Crippen LogP) is 4.66. The molecule has 0 bridgehead atoms. The maximum absolute atomic E-state index is 5.88. The maximum Gasteiger partial charge on any atom is 0.0560 e. The van der Waals surface area contributed by atoms with Crippen LogP contribution in [0, 0.1) is 0 Å². The first kappa shape index (κ1) is 13.7. The fourth-order valence-corrected chi connectivity index (χ4v) is 3.74. The van der Waals surface area contributed by atoms with Crippen molar-refractivity contribution in [1.29, 1.82) is 0 Å². The lowest BCUT2D eigenvalue weighted by Crippen LogP contribution is -2.07. The van der Waals surface area contributed by atoms with Crippen LogP contribution in [-0.2, 0) is 0 Å². The molecular weight excluding hydrogens is 258 g/mol. The predicted molar refractivity (Wildman–Crippen MR) is 82.5 cm³/mol. The Labute approximate surface area is 117 Å². The SMILES string of the molecule is CC(C)c1ccc(SC(CN)c2cccs2)cc1. The van der Waals surface area contributed by atoms with E-state index >= 15 is 0 Å². The highest BCUT2D eigenvalue weighted by molar-refractivity contribution is 7.99. The van der Waals surface area contributed by atoms with E-state index in [0.29, 0.717) is 17.7 Å². The number of thioether (sulfide) groups is 1. The van der Waals surface area contributed by atoms with Gasteiger partial charge >= 0.3 is 0 Å². The maximum atomic E-state index is 5.88. The molecule has 96 valence electrons. The van der Waals surface area contributed by atoms with Crippen molar-refractivity contribution in [3.05, 3.63) is 52.2 Å². The van der Waals surface area contributed by atoms with Gasteiger partial charge in [-0.05, 0) is 35.1 Å². The summed E-state index contributed by atoms with van der Waals surface area (Å²) in [6, 6.07) is 13.1. The van der Waals surface area contributed by atoms with Crippen LogP contribution in [0.2, 0.25) is 0 Å². The molecule has 1 aromatic heterocycles. The highest BCUT2D eigenvalue weighted by Crippen LogP contribution is 2.36. The van der Waals surface area contributed by atoms with E-state index in [4.69, 9.17) is 5.73 Å². The molecule has 3 heteroatoms. The van der Waals surface area contributed by atoms with Crippen molar-refractivity contribution >= 4 is 23.1 Å². The van der Waals surface area contributed by atoms with Crippen LogP contribution in [0.3, 0.4) is 0 Å². The molecule has 0 saturated carbocycles. The highest BCUT2D eigenvalue weighted by atomic mass is 32.2. The minimum Gasteiger partial charge on any atom is -0.329 e. The molecule has 2 rings (SSSR count). The summed E-state index contributed by atoms with van der Waals surface area (Å²) in [7, 11) is 0. The number of nitrogens with two attached hydrogens (primary N) is 1. The lowest BCUT2D eigenvalue weighted by atomic mass is 10.0. The summed E-state index contributed by atoms with van der Waals surface area (Å²) in [5, 5.41) is 2.48. The summed E-state index contributed by atoms with van der Waals surface area (Å²) < 4.78 is 0. The van der Waals surface area contributed by atoms with Crippen molar-refractivity contribution in [2.24, 2.45) is 5.73 Å². The fourth-order valence-electron chi connectivity index (χ4n) is 1.79. The monoisotopic (exact) mass is 277 g/mol. The van der Waals surface area contributed by atoms with Crippen molar-refractivity contribution in [1.82, 2.24) is 0 Å². The number of benzene rings is 1. The molecule has 1 nitrogen and oxygen atoms in total. The average molecular weight is 277 g/mol. The Bertz CT molecular complexity index is 460. The van der Waals surface area contributed by atoms with Crippen LogP contribution < -0.4 is 5.73 Å². The molecule has 0 aliphatic rings. The van der Waals surface area contributed by atoms with Crippen LogP contribution >= 0.6 is 23.1 Å². The van der Waals surface area contributed by atoms with Gasteiger partial charge in [-0.15, -0.1) is 23.1 Å². The van der Waals surface area contributed by atoms with Crippen LogP contribution in [0.15, 0.2) is 46.7 Å². The molecule has 0 aliphatic carbocycles. The Kier molecular flexibility index (Phi) is 4.87. The standard InChI is InChI=1S/C15H19NS2/c1-11(2)12-5-7-13(8-6-12)18-15(10-16)14-4-3-9-17-14/h3-9,11,15H,10,16H2,1-2H3. The molecular formula is C15H19NS2. The van der Waals surface area contributed by atoms with Crippen molar-refractivity contribution in [2.75, 3.05) is 6.54 Å². The van der Waals surface area contributed by atoms with E-state index in [1.807, 2.05) is 11.8 Å². The van der Waals surface area contributed by atoms with Crippen LogP contribution in [0.25, 0.3) is 0 Å². The second-order valence-corrected chi connectivity index (χ2v) is 6.84. The van der Waals surface area contributed by atoms with Crippen molar-refractivity contribution in [3.8, 4) is 0 Å². The van der Waals surface area contributed by atoms with E-state index in [1.54, 1.807) is 11.3 Å². The highest BCUT2D eigenvalue weighted by Gasteiger charge is 2.12. The normalized spacial score (nSPS) is 12.9. The molecule has 0 saturated heterocycles. The second-order valence-electron chi connectivity index (χ2n) is 4.58. The van der Waals surface area contributed by atoms with Gasteiger partial charge in [0.15, 0.2) is 0 Å². The number of thiophene rings is 1. The van der Waals surface area contributed by atoms with E-state index in [-0.39, 0.29) is 0 Å². The Hall–Kier alpha value is -0.770. The zero-order valence-corrected chi connectivity index (χ0v) is 12.4. The lowest BCUT2D eigenvalue weighted by Gasteiger charge is -2.13. The Morgan fingerprint density at radius 1 is 1.17 bits per heavy atom. The molecule has 0 amide bonds. The first-order valence-electron chi connectivity index (χ1n) is 6.20. The third-order valence-electron chi connectivity index (χ3n) is 2.90. The van der Waals surface area contributed by atoms with Gasteiger partial charge in [-0.1, -0.05) is 32.0 Å². The quantitative estimate of drug-likeness (QED) is 0.804. The number of hydrogen-bond donors (Lipinski definition) is 1. The van der Waals surface area contributed by atoms with Gasteiger partial charge < -0.3 is 5.73 Å². The summed E-state index contributed by atoms with van der Waals surface area (Å²) >= 11 is 3.63. The van der Waals surface area contributed by atoms with E-state index < -0.39 is 0 Å². The number of hydrogen-bond acceptors (Lipinski definition) is 3. The first-order valence-corrected chi connectivity index (χ1v) is 7.96. The molecule has 1 heterocycles. The second kappa shape index (κ2) is 6.41. The van der Waals surface area contributed by atoms with Gasteiger partial charge in [0.05, 0.1) is 5.25 Å². The third kappa shape index (κ3) is 3.37. The Morgan fingerprint density at radius 3 is 2.39 bits per heavy atom. The average Bonchev–Trinajstić information content (AvgIpc) is 2.90. The first-order chi connectivity index (χ1) is 8.70. The largest absolute Gasteiger partial charge is 0.329 e. The summed E-state index contributed by atoms with van der Waals surface area (Å²) in [6.45, 7) is 5.12. The van der Waals surface area contributed by atoms with Crippen LogP contribution in [0.1, 0.15) is 35.5 Å². The molecule has 0 spiro atoms. The molecule has 2 N–H and O–H groups in total. The molecule has 2 aromatic rings. The summed E-state index contributed by atoms with van der Waals surface area (Å²) in [5.74, 6) is 0.589. The smallest absolute Gasteiger partial charge is 0.0560 e. The van der Waals surface area contributed by atoms with Gasteiger partial charge in [0.1, 0.15) is 0 Å². The fraction of sp³-hybridized carbons (Fsp3) is 0.333. The van der Waals surface area contributed by atoms with Gasteiger partial charge in [0.2, 0.25) is 0 Å². The minimum absolute atomic E-state index is 0.370. The van der Waals surface area contributed by atoms with Crippen LogP contribution in [-0.4, -0.2) is 6.54 Å². The van der Waals surface area contributed by atoms with E-state index in [9.17, 15) is 0 Å². The number of rotatable bonds is 5. The van der Waals surface area contributed by atoms with Gasteiger partial charge in [-0.2, -0.15) is 0 Å². The topological polar surface area (TPSA) is 26.0 Å². The zero-order chi connectivity index (χ0) is 13.0. The zero-order valence-electron chi connectivity index (χ0n) is 10.8. The van der Waals surface area contributed by atoms with Crippen molar-refractivity contribution in [2.45, 2.75) is 29.9 Å². The summed E-state index contributed by atoms with van der Waals surface area (Å²) in [5.41, 5.74) is 7.26. The molecule has 0 aliphatic heterocycles. The van der Waals surface area contributed by atoms with E-state index in [0.717, 1.165) is 0 Å². The molecule has 0 radical (unpaired) electrons. The molecule has 0 fully saturated rings.